The van der Waals surface area contributed by atoms with Crippen molar-refractivity contribution in [3.05, 3.63) is 71.0 Å². The number of para-hydroxylation sites is 2. The van der Waals surface area contributed by atoms with Crippen molar-refractivity contribution in [3.8, 4) is 39.9 Å². The van der Waals surface area contributed by atoms with E-state index in [9.17, 15) is 9.59 Å². The van der Waals surface area contributed by atoms with Gasteiger partial charge in [0.25, 0.3) is 5.56 Å². The van der Waals surface area contributed by atoms with Gasteiger partial charge in [0.2, 0.25) is 5.88 Å². The average molecular weight is 438 g/mol. The van der Waals surface area contributed by atoms with Gasteiger partial charge in [-0.2, -0.15) is 0 Å². The molecule has 2 aromatic heterocycles. The quantitative estimate of drug-likeness (QED) is 0.347. The van der Waals surface area contributed by atoms with E-state index in [4.69, 9.17) is 19.3 Å². The van der Waals surface area contributed by atoms with Gasteiger partial charge in [-0.15, -0.1) is 5.10 Å². The number of aromatic nitrogens is 4. The molecule has 10 nitrogen and oxygen atoms in total. The third-order valence-electron chi connectivity index (χ3n) is 4.29. The van der Waals surface area contributed by atoms with Crippen LogP contribution in [0.15, 0.2) is 65.5 Å². The third-order valence-corrected chi connectivity index (χ3v) is 4.29. The molecule has 0 unspecified atom stereocenters. The van der Waals surface area contributed by atoms with Gasteiger partial charge in [0.05, 0.1) is 25.6 Å². The van der Waals surface area contributed by atoms with Crippen LogP contribution in [-0.4, -0.2) is 52.3 Å². The number of rotatable bonds is 7. The number of nitrogens with one attached hydrogen (secondary N) is 3. The van der Waals surface area contributed by atoms with Gasteiger partial charge < -0.3 is 19.3 Å². The van der Waals surface area contributed by atoms with Crippen LogP contribution >= 0.6 is 0 Å². The van der Waals surface area contributed by atoms with Gasteiger partial charge in [0.15, 0.2) is 6.61 Å². The summed E-state index contributed by atoms with van der Waals surface area (Å²) in [6.07, 6.45) is 0. The Balaban J connectivity index is 0.000000186. The Morgan fingerprint density at radius 2 is 1.50 bits per heavy atom. The second kappa shape index (κ2) is 10.5. The lowest BCUT2D eigenvalue weighted by Gasteiger charge is -2.04. The predicted molar refractivity (Wildman–Crippen MR) is 117 cm³/mol. The molecule has 10 heteroatoms. The molecular formula is C22H22N4O6. The number of carboxylic acid groups (broad SMARTS) is 1. The maximum atomic E-state index is 10.9. The van der Waals surface area contributed by atoms with E-state index in [2.05, 4.69) is 20.4 Å². The van der Waals surface area contributed by atoms with E-state index in [1.54, 1.807) is 20.3 Å². The molecule has 0 atom stereocenters. The molecule has 4 aromatic rings. The van der Waals surface area contributed by atoms with E-state index >= 15 is 0 Å². The van der Waals surface area contributed by atoms with Gasteiger partial charge >= 0.3 is 5.97 Å². The highest BCUT2D eigenvalue weighted by molar-refractivity contribution is 5.69. The van der Waals surface area contributed by atoms with Crippen molar-refractivity contribution in [3.63, 3.8) is 0 Å². The number of hydrogen-bond donors (Lipinski definition) is 4. The van der Waals surface area contributed by atoms with Crippen molar-refractivity contribution in [2.75, 3.05) is 20.8 Å². The summed E-state index contributed by atoms with van der Waals surface area (Å²) in [5, 5.41) is 20.4. The second-order valence-electron chi connectivity index (χ2n) is 6.38. The van der Waals surface area contributed by atoms with Crippen molar-refractivity contribution in [2.24, 2.45) is 0 Å². The molecule has 166 valence electrons. The number of carbonyl (C=O) groups is 1. The van der Waals surface area contributed by atoms with Crippen molar-refractivity contribution < 1.29 is 24.1 Å². The molecule has 0 aliphatic carbocycles. The molecule has 0 radical (unpaired) electrons. The van der Waals surface area contributed by atoms with Gasteiger partial charge in [-0.1, -0.05) is 24.3 Å². The van der Waals surface area contributed by atoms with Crippen molar-refractivity contribution in [1.82, 2.24) is 20.4 Å². The van der Waals surface area contributed by atoms with Crippen LogP contribution in [0.25, 0.3) is 22.5 Å². The Labute approximate surface area is 182 Å². The number of hydrogen-bond acceptors (Lipinski definition) is 6. The smallest absolute Gasteiger partial charge is 0.341 e. The molecule has 0 aliphatic heterocycles. The number of ether oxygens (including phenoxy) is 3. The van der Waals surface area contributed by atoms with E-state index in [0.717, 1.165) is 22.6 Å². The molecule has 32 heavy (non-hydrogen) atoms. The molecule has 0 saturated carbocycles. The molecular weight excluding hydrogens is 416 g/mol. The topological polar surface area (TPSA) is 142 Å². The maximum absolute atomic E-state index is 10.9. The van der Waals surface area contributed by atoms with Crippen LogP contribution < -0.4 is 19.8 Å². The van der Waals surface area contributed by atoms with Gasteiger partial charge in [-0.3, -0.25) is 20.1 Å². The Morgan fingerprint density at radius 3 is 2.03 bits per heavy atom. The highest BCUT2D eigenvalue weighted by Gasteiger charge is 2.10. The number of benzene rings is 2. The summed E-state index contributed by atoms with van der Waals surface area (Å²) in [5.41, 5.74) is 2.98. The van der Waals surface area contributed by atoms with Gasteiger partial charge in [0.1, 0.15) is 11.5 Å². The fourth-order valence-electron chi connectivity index (χ4n) is 2.86. The summed E-state index contributed by atoms with van der Waals surface area (Å²) in [4.78, 5) is 21.3. The summed E-state index contributed by atoms with van der Waals surface area (Å²) < 4.78 is 15.4. The Kier molecular flexibility index (Phi) is 7.31. The minimum absolute atomic E-state index is 0.147. The molecule has 0 spiro atoms. The normalized spacial score (nSPS) is 10.1. The van der Waals surface area contributed by atoms with Crippen LogP contribution in [0.5, 0.6) is 17.4 Å². The van der Waals surface area contributed by atoms with Gasteiger partial charge in [-0.05, 0) is 24.3 Å². The van der Waals surface area contributed by atoms with Crippen LogP contribution in [0, 0.1) is 0 Å². The van der Waals surface area contributed by atoms with E-state index in [0.29, 0.717) is 11.4 Å². The molecule has 2 heterocycles. The van der Waals surface area contributed by atoms with Gasteiger partial charge in [0, 0.05) is 23.3 Å². The van der Waals surface area contributed by atoms with Crippen LogP contribution in [0.2, 0.25) is 0 Å². The number of aliphatic carboxylic acids is 1. The van der Waals surface area contributed by atoms with Gasteiger partial charge in [-0.25, -0.2) is 4.79 Å². The summed E-state index contributed by atoms with van der Waals surface area (Å²) in [7, 11) is 3.18. The lowest BCUT2D eigenvalue weighted by atomic mass is 10.1. The van der Waals surface area contributed by atoms with E-state index in [1.807, 2.05) is 48.5 Å². The molecule has 0 amide bonds. The first-order chi connectivity index (χ1) is 15.5. The minimum atomic E-state index is -1.04. The Morgan fingerprint density at radius 1 is 0.906 bits per heavy atom. The lowest BCUT2D eigenvalue weighted by molar-refractivity contribution is -0.139. The molecule has 0 bridgehead atoms. The zero-order valence-corrected chi connectivity index (χ0v) is 17.4. The van der Waals surface area contributed by atoms with Crippen molar-refractivity contribution in [1.29, 1.82) is 0 Å². The van der Waals surface area contributed by atoms with Crippen LogP contribution in [-0.2, 0) is 4.79 Å². The monoisotopic (exact) mass is 438 g/mol. The summed E-state index contributed by atoms with van der Waals surface area (Å²) in [5.74, 6) is 0.629. The number of aromatic amines is 3. The van der Waals surface area contributed by atoms with E-state index in [-0.39, 0.29) is 11.4 Å². The number of carboxylic acids is 1. The summed E-state index contributed by atoms with van der Waals surface area (Å²) in [6, 6.07) is 18.1. The maximum Gasteiger partial charge on any atom is 0.341 e. The standard InChI is InChI=1S/C12H12N2O4.C10H10N2O2/c1-17-10-5-3-2-4-8(10)9-6-11(14-13-9)18-7-12(15)16;1-14-9-5-3-2-4-7(9)8-6-10(13)12-11-8/h2-6H,7H2,1H3,(H,13,14)(H,15,16);2-6H,1H3,(H2,11,12,13). The fraction of sp³-hybridized carbons (Fsp3) is 0.136. The fourth-order valence-corrected chi connectivity index (χ4v) is 2.86. The largest absolute Gasteiger partial charge is 0.496 e. The Bertz CT molecular complexity index is 1230. The van der Waals surface area contributed by atoms with Crippen LogP contribution in [0.3, 0.4) is 0 Å². The second-order valence-corrected chi connectivity index (χ2v) is 6.38. The molecule has 0 aliphatic rings. The minimum Gasteiger partial charge on any atom is -0.496 e. The first-order valence-corrected chi connectivity index (χ1v) is 9.46. The Hall–Kier alpha value is -4.47. The number of H-pyrrole nitrogens is 3. The predicted octanol–water partition coefficient (Wildman–Crippen LogP) is 2.93. The third kappa shape index (κ3) is 5.57. The molecule has 2 aromatic carbocycles. The van der Waals surface area contributed by atoms with Crippen LogP contribution in [0.4, 0.5) is 0 Å². The lowest BCUT2D eigenvalue weighted by Crippen LogP contribution is -2.09. The molecule has 0 fully saturated rings. The van der Waals surface area contributed by atoms with E-state index in [1.165, 1.54) is 6.07 Å². The summed E-state index contributed by atoms with van der Waals surface area (Å²) >= 11 is 0. The highest BCUT2D eigenvalue weighted by Crippen LogP contribution is 2.29. The van der Waals surface area contributed by atoms with E-state index < -0.39 is 12.6 Å². The number of methoxy groups -OCH3 is 2. The average Bonchev–Trinajstić information content (AvgIpc) is 3.47. The number of nitrogens with zero attached hydrogens (tertiary/aromatic N) is 1. The summed E-state index contributed by atoms with van der Waals surface area (Å²) in [6.45, 7) is -0.420. The van der Waals surface area contributed by atoms with Crippen molar-refractivity contribution in [2.45, 2.75) is 0 Å². The molecule has 0 saturated heterocycles. The zero-order valence-electron chi connectivity index (χ0n) is 17.4. The van der Waals surface area contributed by atoms with Crippen LogP contribution in [0.1, 0.15) is 0 Å². The first kappa shape index (κ1) is 22.2. The first-order valence-electron chi connectivity index (χ1n) is 9.46. The SMILES string of the molecule is COc1ccccc1-c1cc(=O)[nH][nH]1.COc1ccccc1-c1cc(OCC(=O)O)n[nH]1. The molecule has 4 N–H and O–H groups in total. The highest BCUT2D eigenvalue weighted by atomic mass is 16.5. The molecule has 4 rings (SSSR count). The zero-order chi connectivity index (χ0) is 22.9. The van der Waals surface area contributed by atoms with Crippen molar-refractivity contribution >= 4 is 5.97 Å².